The summed E-state index contributed by atoms with van der Waals surface area (Å²) in [4.78, 5) is 29.5. The Labute approximate surface area is 177 Å². The summed E-state index contributed by atoms with van der Waals surface area (Å²) in [6.07, 6.45) is 0. The number of nitrogens with one attached hydrogen (secondary N) is 3. The van der Waals surface area contributed by atoms with Crippen LogP contribution in [0.5, 0.6) is 11.5 Å². The number of amides is 3. The molecule has 8 nitrogen and oxygen atoms in total. The van der Waals surface area contributed by atoms with Gasteiger partial charge < -0.3 is 20.1 Å². The quantitative estimate of drug-likeness (QED) is 0.573. The van der Waals surface area contributed by atoms with Gasteiger partial charge in [0.05, 0.1) is 5.69 Å². The number of ether oxygens (including phenoxy) is 2. The summed E-state index contributed by atoms with van der Waals surface area (Å²) in [6, 6.07) is 12.6. The molecule has 0 bridgehead atoms. The molecular formula is C21H20N4O4S. The van der Waals surface area contributed by atoms with Gasteiger partial charge in [-0.05, 0) is 49.2 Å². The van der Waals surface area contributed by atoms with Crippen LogP contribution in [-0.4, -0.2) is 23.7 Å². The lowest BCUT2D eigenvalue weighted by Crippen LogP contribution is -2.22. The third-order valence-electron chi connectivity index (χ3n) is 4.39. The van der Waals surface area contributed by atoms with E-state index in [1.54, 1.807) is 13.0 Å². The van der Waals surface area contributed by atoms with E-state index in [0.29, 0.717) is 39.4 Å². The molecule has 1 aliphatic rings. The third kappa shape index (κ3) is 4.52. The molecule has 3 N–H and O–H groups in total. The molecule has 154 valence electrons. The maximum atomic E-state index is 12.6. The van der Waals surface area contributed by atoms with Crippen molar-refractivity contribution < 1.29 is 19.1 Å². The lowest BCUT2D eigenvalue weighted by atomic mass is 10.2. The van der Waals surface area contributed by atoms with Crippen molar-refractivity contribution in [2.75, 3.05) is 17.4 Å². The Morgan fingerprint density at radius 1 is 1.07 bits per heavy atom. The van der Waals surface area contributed by atoms with E-state index in [-0.39, 0.29) is 12.7 Å². The standard InChI is InChI=1S/C21H20N4O4S/c1-12-4-3-5-15(8-12)24-20(27)25-21-23-13(2)18(30-21)19(26)22-10-14-6-7-16-17(9-14)29-11-28-16/h3-9H,10-11H2,1-2H3,(H,22,26)(H2,23,24,25,27). The number of thiazole rings is 1. The summed E-state index contributed by atoms with van der Waals surface area (Å²) in [5.41, 5.74) is 3.17. The van der Waals surface area contributed by atoms with E-state index in [1.807, 2.05) is 43.3 Å². The van der Waals surface area contributed by atoms with Gasteiger partial charge in [0.25, 0.3) is 5.91 Å². The summed E-state index contributed by atoms with van der Waals surface area (Å²) in [7, 11) is 0. The monoisotopic (exact) mass is 424 g/mol. The van der Waals surface area contributed by atoms with Gasteiger partial charge in [0.1, 0.15) is 4.88 Å². The summed E-state index contributed by atoms with van der Waals surface area (Å²) in [5, 5.41) is 8.64. The molecule has 0 spiro atoms. The predicted molar refractivity (Wildman–Crippen MR) is 114 cm³/mol. The minimum Gasteiger partial charge on any atom is -0.454 e. The number of anilines is 2. The maximum absolute atomic E-state index is 12.6. The fourth-order valence-electron chi connectivity index (χ4n) is 2.96. The zero-order valence-electron chi connectivity index (χ0n) is 16.4. The Kier molecular flexibility index (Phi) is 5.53. The number of aromatic nitrogens is 1. The molecule has 0 fully saturated rings. The highest BCUT2D eigenvalue weighted by Crippen LogP contribution is 2.32. The average Bonchev–Trinajstić information content (AvgIpc) is 3.31. The molecule has 1 aromatic heterocycles. The number of benzene rings is 2. The van der Waals surface area contributed by atoms with E-state index in [9.17, 15) is 9.59 Å². The number of urea groups is 1. The number of nitrogens with zero attached hydrogens (tertiary/aromatic N) is 1. The molecule has 0 atom stereocenters. The number of hydrogen-bond acceptors (Lipinski definition) is 6. The Morgan fingerprint density at radius 3 is 2.73 bits per heavy atom. The summed E-state index contributed by atoms with van der Waals surface area (Å²) in [5.74, 6) is 1.11. The van der Waals surface area contributed by atoms with E-state index in [0.717, 1.165) is 22.5 Å². The van der Waals surface area contributed by atoms with E-state index in [2.05, 4.69) is 20.9 Å². The van der Waals surface area contributed by atoms with Gasteiger partial charge in [0, 0.05) is 12.2 Å². The summed E-state index contributed by atoms with van der Waals surface area (Å²) < 4.78 is 10.6. The van der Waals surface area contributed by atoms with Crippen molar-refractivity contribution in [1.29, 1.82) is 0 Å². The van der Waals surface area contributed by atoms with Gasteiger partial charge in [-0.3, -0.25) is 10.1 Å². The van der Waals surface area contributed by atoms with E-state index >= 15 is 0 Å². The molecule has 0 saturated heterocycles. The van der Waals surface area contributed by atoms with Crippen LogP contribution < -0.4 is 25.4 Å². The first-order chi connectivity index (χ1) is 14.5. The van der Waals surface area contributed by atoms with Crippen LogP contribution in [0, 0.1) is 13.8 Å². The van der Waals surface area contributed by atoms with Gasteiger partial charge in [0.15, 0.2) is 16.6 Å². The lowest BCUT2D eigenvalue weighted by molar-refractivity contribution is 0.0954. The van der Waals surface area contributed by atoms with Crippen LogP contribution in [0.15, 0.2) is 42.5 Å². The molecular weight excluding hydrogens is 404 g/mol. The van der Waals surface area contributed by atoms with Crippen molar-refractivity contribution in [3.05, 3.63) is 64.2 Å². The molecule has 30 heavy (non-hydrogen) atoms. The zero-order chi connectivity index (χ0) is 21.1. The number of aryl methyl sites for hydroxylation is 2. The van der Waals surface area contributed by atoms with Crippen molar-refractivity contribution in [3.63, 3.8) is 0 Å². The first kappa shape index (κ1) is 19.7. The van der Waals surface area contributed by atoms with Gasteiger partial charge in [0.2, 0.25) is 6.79 Å². The number of carbonyl (C=O) groups excluding carboxylic acids is 2. The first-order valence-corrected chi connectivity index (χ1v) is 10.1. The second-order valence-corrected chi connectivity index (χ2v) is 7.75. The first-order valence-electron chi connectivity index (χ1n) is 9.27. The van der Waals surface area contributed by atoms with Crippen LogP contribution in [0.2, 0.25) is 0 Å². The summed E-state index contributed by atoms with van der Waals surface area (Å²) in [6.45, 7) is 4.22. The Hall–Kier alpha value is -3.59. The summed E-state index contributed by atoms with van der Waals surface area (Å²) >= 11 is 1.13. The fourth-order valence-corrected chi connectivity index (χ4v) is 3.83. The molecule has 0 unspecified atom stereocenters. The molecule has 0 aliphatic carbocycles. The molecule has 3 aromatic rings. The van der Waals surface area contributed by atoms with Crippen LogP contribution in [-0.2, 0) is 6.54 Å². The minimum atomic E-state index is -0.415. The number of fused-ring (bicyclic) bond motifs is 1. The Bertz CT molecular complexity index is 1110. The van der Waals surface area contributed by atoms with Gasteiger partial charge in [-0.15, -0.1) is 0 Å². The van der Waals surface area contributed by atoms with Crippen LogP contribution in [0.4, 0.5) is 15.6 Å². The van der Waals surface area contributed by atoms with Crippen LogP contribution in [0.1, 0.15) is 26.5 Å². The smallest absolute Gasteiger partial charge is 0.325 e. The van der Waals surface area contributed by atoms with Gasteiger partial charge in [-0.1, -0.05) is 29.5 Å². The molecule has 0 saturated carbocycles. The molecule has 9 heteroatoms. The Balaban J connectivity index is 1.35. The highest BCUT2D eigenvalue weighted by Gasteiger charge is 2.18. The zero-order valence-corrected chi connectivity index (χ0v) is 17.3. The second kappa shape index (κ2) is 8.42. The number of carbonyl (C=O) groups is 2. The lowest BCUT2D eigenvalue weighted by Gasteiger charge is -2.06. The fraction of sp³-hybridized carbons (Fsp3) is 0.190. The van der Waals surface area contributed by atoms with Crippen LogP contribution >= 0.6 is 11.3 Å². The van der Waals surface area contributed by atoms with Crippen LogP contribution in [0.3, 0.4) is 0 Å². The number of hydrogen-bond donors (Lipinski definition) is 3. The Morgan fingerprint density at radius 2 is 1.90 bits per heavy atom. The minimum absolute atomic E-state index is 0.207. The molecule has 2 heterocycles. The molecule has 0 radical (unpaired) electrons. The highest BCUT2D eigenvalue weighted by atomic mass is 32.1. The largest absolute Gasteiger partial charge is 0.454 e. The number of rotatable bonds is 5. The molecule has 3 amide bonds. The van der Waals surface area contributed by atoms with E-state index < -0.39 is 6.03 Å². The molecule has 4 rings (SSSR count). The second-order valence-electron chi connectivity index (χ2n) is 6.75. The predicted octanol–water partition coefficient (Wildman–Crippen LogP) is 4.06. The topological polar surface area (TPSA) is 102 Å². The SMILES string of the molecule is Cc1cccc(NC(=O)Nc2nc(C)c(C(=O)NCc3ccc4c(c3)OCO4)s2)c1. The van der Waals surface area contributed by atoms with Gasteiger partial charge >= 0.3 is 6.03 Å². The molecule has 2 aromatic carbocycles. The van der Waals surface area contributed by atoms with E-state index in [1.165, 1.54) is 0 Å². The normalized spacial score (nSPS) is 11.8. The molecule has 1 aliphatic heterocycles. The van der Waals surface area contributed by atoms with Crippen molar-refractivity contribution in [1.82, 2.24) is 10.3 Å². The van der Waals surface area contributed by atoms with Crippen molar-refractivity contribution in [2.45, 2.75) is 20.4 Å². The third-order valence-corrected chi connectivity index (χ3v) is 5.46. The van der Waals surface area contributed by atoms with Gasteiger partial charge in [-0.2, -0.15) is 0 Å². The van der Waals surface area contributed by atoms with Crippen molar-refractivity contribution >= 4 is 34.1 Å². The maximum Gasteiger partial charge on any atom is 0.325 e. The van der Waals surface area contributed by atoms with Crippen molar-refractivity contribution in [3.8, 4) is 11.5 Å². The van der Waals surface area contributed by atoms with E-state index in [4.69, 9.17) is 9.47 Å². The highest BCUT2D eigenvalue weighted by molar-refractivity contribution is 7.17. The average molecular weight is 424 g/mol. The van der Waals surface area contributed by atoms with Crippen molar-refractivity contribution in [2.24, 2.45) is 0 Å². The van der Waals surface area contributed by atoms with Crippen LogP contribution in [0.25, 0.3) is 0 Å². The van der Waals surface area contributed by atoms with Gasteiger partial charge in [-0.25, -0.2) is 9.78 Å².